The van der Waals surface area contributed by atoms with E-state index >= 15 is 0 Å². The highest BCUT2D eigenvalue weighted by Crippen LogP contribution is 2.22. The predicted molar refractivity (Wildman–Crippen MR) is 67.7 cm³/mol. The Morgan fingerprint density at radius 1 is 1.58 bits per heavy atom. The number of aromatic nitrogens is 3. The first kappa shape index (κ1) is 12.5. The van der Waals surface area contributed by atoms with Crippen LogP contribution >= 0.6 is 0 Å². The van der Waals surface area contributed by atoms with Crippen molar-refractivity contribution in [2.45, 2.75) is 0 Å². The van der Waals surface area contributed by atoms with Gasteiger partial charge in [0, 0.05) is 36.8 Å². The van der Waals surface area contributed by atoms with Gasteiger partial charge < -0.3 is 5.11 Å². The molecule has 0 amide bonds. The summed E-state index contributed by atoms with van der Waals surface area (Å²) in [7, 11) is 1.73. The monoisotopic (exact) mass is 254 g/mol. The van der Waals surface area contributed by atoms with Crippen LogP contribution in [0.2, 0.25) is 0 Å². The fraction of sp³-hybridized carbons (Fsp3) is 0.0769. The Balaban J connectivity index is 2.55. The van der Waals surface area contributed by atoms with Crippen molar-refractivity contribution in [1.82, 2.24) is 14.8 Å². The Labute approximate surface area is 109 Å². The maximum Gasteiger partial charge on any atom is 0.346 e. The molecule has 2 aromatic rings. The van der Waals surface area contributed by atoms with Gasteiger partial charge in [-0.15, -0.1) is 0 Å². The Bertz CT molecular complexity index is 680. The van der Waals surface area contributed by atoms with Crippen molar-refractivity contribution >= 4 is 12.0 Å². The first-order chi connectivity index (χ1) is 9.11. The quantitative estimate of drug-likeness (QED) is 0.661. The van der Waals surface area contributed by atoms with Gasteiger partial charge >= 0.3 is 5.97 Å². The van der Waals surface area contributed by atoms with E-state index in [0.29, 0.717) is 11.3 Å². The van der Waals surface area contributed by atoms with E-state index in [4.69, 9.17) is 10.4 Å². The normalized spacial score (nSPS) is 11.1. The molecule has 19 heavy (non-hydrogen) atoms. The summed E-state index contributed by atoms with van der Waals surface area (Å²) in [5.74, 6) is -1.26. The molecule has 0 aliphatic rings. The van der Waals surface area contributed by atoms with Crippen LogP contribution in [0, 0.1) is 11.3 Å². The van der Waals surface area contributed by atoms with Gasteiger partial charge in [-0.2, -0.15) is 10.4 Å². The molecule has 0 atom stereocenters. The maximum absolute atomic E-state index is 10.9. The average Bonchev–Trinajstić information content (AvgIpc) is 2.77. The number of hydrogen-bond acceptors (Lipinski definition) is 4. The Morgan fingerprint density at radius 2 is 2.37 bits per heavy atom. The number of carboxylic acid groups (broad SMARTS) is 1. The van der Waals surface area contributed by atoms with Crippen LogP contribution in [-0.2, 0) is 11.8 Å². The third-order valence-electron chi connectivity index (χ3n) is 2.44. The first-order valence-corrected chi connectivity index (χ1v) is 5.41. The van der Waals surface area contributed by atoms with E-state index in [9.17, 15) is 4.79 Å². The van der Waals surface area contributed by atoms with Crippen molar-refractivity contribution in [3.05, 3.63) is 41.9 Å². The lowest BCUT2D eigenvalue weighted by molar-refractivity contribution is -0.132. The second-order valence-corrected chi connectivity index (χ2v) is 3.82. The van der Waals surface area contributed by atoms with Crippen LogP contribution in [0.5, 0.6) is 0 Å². The van der Waals surface area contributed by atoms with Gasteiger partial charge in [-0.25, -0.2) is 4.79 Å². The number of nitrogens with zero attached hydrogens (tertiary/aromatic N) is 4. The highest BCUT2D eigenvalue weighted by Gasteiger charge is 2.12. The molecule has 6 nitrogen and oxygen atoms in total. The highest BCUT2D eigenvalue weighted by atomic mass is 16.4. The van der Waals surface area contributed by atoms with Gasteiger partial charge in [0.05, 0.1) is 0 Å². The number of nitriles is 1. The molecule has 2 heterocycles. The molecule has 0 saturated heterocycles. The van der Waals surface area contributed by atoms with Gasteiger partial charge in [0.2, 0.25) is 0 Å². The third kappa shape index (κ3) is 2.66. The van der Waals surface area contributed by atoms with Crippen molar-refractivity contribution < 1.29 is 9.90 Å². The van der Waals surface area contributed by atoms with Gasteiger partial charge in [-0.05, 0) is 18.2 Å². The van der Waals surface area contributed by atoms with Crippen molar-refractivity contribution in [2.24, 2.45) is 7.05 Å². The van der Waals surface area contributed by atoms with Crippen molar-refractivity contribution in [3.8, 4) is 17.3 Å². The first-order valence-electron chi connectivity index (χ1n) is 5.41. The molecule has 2 rings (SSSR count). The summed E-state index contributed by atoms with van der Waals surface area (Å²) in [4.78, 5) is 14.9. The summed E-state index contributed by atoms with van der Waals surface area (Å²) >= 11 is 0. The van der Waals surface area contributed by atoms with Gasteiger partial charge in [0.25, 0.3) is 0 Å². The molecular formula is C13H10N4O2. The number of pyridine rings is 1. The van der Waals surface area contributed by atoms with Gasteiger partial charge in [-0.3, -0.25) is 9.67 Å². The van der Waals surface area contributed by atoms with Crippen LogP contribution in [0.1, 0.15) is 5.56 Å². The van der Waals surface area contributed by atoms with Crippen LogP contribution in [0.25, 0.3) is 17.3 Å². The zero-order valence-corrected chi connectivity index (χ0v) is 10.1. The van der Waals surface area contributed by atoms with Crippen LogP contribution in [0.3, 0.4) is 0 Å². The fourth-order valence-corrected chi connectivity index (χ4v) is 1.64. The second-order valence-electron chi connectivity index (χ2n) is 3.82. The van der Waals surface area contributed by atoms with Crippen LogP contribution < -0.4 is 0 Å². The van der Waals surface area contributed by atoms with Crippen molar-refractivity contribution in [3.63, 3.8) is 0 Å². The average molecular weight is 254 g/mol. The lowest BCUT2D eigenvalue weighted by Crippen LogP contribution is -1.97. The van der Waals surface area contributed by atoms with Gasteiger partial charge in [-0.1, -0.05) is 0 Å². The van der Waals surface area contributed by atoms with E-state index in [1.54, 1.807) is 42.5 Å². The van der Waals surface area contributed by atoms with Crippen LogP contribution in [0.15, 0.2) is 36.3 Å². The lowest BCUT2D eigenvalue weighted by Gasteiger charge is -1.97. The summed E-state index contributed by atoms with van der Waals surface area (Å²) in [6, 6.07) is 5.23. The molecule has 1 N–H and O–H groups in total. The number of aliphatic carboxylic acids is 1. The zero-order chi connectivity index (χ0) is 13.8. The summed E-state index contributed by atoms with van der Waals surface area (Å²) in [6.07, 6.45) is 6.23. The summed E-state index contributed by atoms with van der Waals surface area (Å²) < 4.78 is 1.56. The van der Waals surface area contributed by atoms with E-state index in [2.05, 4.69) is 10.1 Å². The van der Waals surface area contributed by atoms with Gasteiger partial charge in [0.15, 0.2) is 0 Å². The number of rotatable bonds is 3. The summed E-state index contributed by atoms with van der Waals surface area (Å²) in [5, 5.41) is 21.9. The molecular weight excluding hydrogens is 244 g/mol. The zero-order valence-electron chi connectivity index (χ0n) is 10.1. The molecule has 0 aliphatic carbocycles. The molecule has 0 bridgehead atoms. The molecule has 94 valence electrons. The fourth-order valence-electron chi connectivity index (χ4n) is 1.64. The number of carbonyl (C=O) groups is 1. The topological polar surface area (TPSA) is 91.8 Å². The third-order valence-corrected chi connectivity index (χ3v) is 2.44. The SMILES string of the molecule is Cn1cc(/C=C(/C#N)C(=O)O)c(-c2cccnc2)n1. The minimum atomic E-state index is -1.26. The Kier molecular flexibility index (Phi) is 3.39. The molecule has 0 fully saturated rings. The molecule has 0 spiro atoms. The molecule has 0 saturated carbocycles. The Hall–Kier alpha value is -2.94. The van der Waals surface area contributed by atoms with E-state index in [0.717, 1.165) is 5.56 Å². The second kappa shape index (κ2) is 5.14. The molecule has 0 radical (unpaired) electrons. The van der Waals surface area contributed by atoms with Gasteiger partial charge in [0.1, 0.15) is 17.3 Å². The Morgan fingerprint density at radius 3 is 2.95 bits per heavy atom. The lowest BCUT2D eigenvalue weighted by atomic mass is 10.1. The standard InChI is InChI=1S/C13H10N4O2/c1-17-8-11(5-10(6-14)13(18)19)12(16-17)9-3-2-4-15-7-9/h2-5,7-8H,1H3,(H,18,19)/b10-5-. The van der Waals surface area contributed by atoms with Crippen molar-refractivity contribution in [1.29, 1.82) is 5.26 Å². The van der Waals surface area contributed by atoms with E-state index in [-0.39, 0.29) is 5.57 Å². The molecule has 2 aromatic heterocycles. The maximum atomic E-state index is 10.9. The summed E-state index contributed by atoms with van der Waals surface area (Å²) in [6.45, 7) is 0. The molecule has 0 aliphatic heterocycles. The number of aryl methyl sites for hydroxylation is 1. The number of hydrogen-bond donors (Lipinski definition) is 1. The van der Waals surface area contributed by atoms with E-state index < -0.39 is 5.97 Å². The van der Waals surface area contributed by atoms with Crippen molar-refractivity contribution in [2.75, 3.05) is 0 Å². The molecule has 6 heteroatoms. The minimum Gasteiger partial charge on any atom is -0.477 e. The van der Waals surface area contributed by atoms with Crippen LogP contribution in [-0.4, -0.2) is 25.8 Å². The largest absolute Gasteiger partial charge is 0.477 e. The smallest absolute Gasteiger partial charge is 0.346 e. The summed E-state index contributed by atoms with van der Waals surface area (Å²) in [5.41, 5.74) is 1.58. The van der Waals surface area contributed by atoms with E-state index in [1.807, 2.05) is 6.07 Å². The molecule has 0 unspecified atom stereocenters. The van der Waals surface area contributed by atoms with E-state index in [1.165, 1.54) is 6.08 Å². The highest BCUT2D eigenvalue weighted by molar-refractivity contribution is 5.97. The minimum absolute atomic E-state index is 0.335. The van der Waals surface area contributed by atoms with Crippen LogP contribution in [0.4, 0.5) is 0 Å². The number of carboxylic acids is 1. The molecule has 0 aromatic carbocycles. The predicted octanol–water partition coefficient (Wildman–Crippen LogP) is 1.47.